The standard InChI is InChI=1S/C35H37NO3/c1-5-13-27(14-6-1)23-37-26-32-34(38-24-28-15-7-2-8-16-28)35(39-25-29-17-9-3-10-18-29)33-31(21-22-36(32)33)30-19-11-4-12-20-30/h1-20,31-35H,21-26H2/t31-,32+,33+,34+,35+/m1/s1. The molecule has 4 aromatic rings. The van der Waals surface area contributed by atoms with Crippen molar-refractivity contribution in [2.24, 2.45) is 0 Å². The van der Waals surface area contributed by atoms with Crippen LogP contribution in [-0.4, -0.2) is 42.3 Å². The highest BCUT2D eigenvalue weighted by molar-refractivity contribution is 5.27. The van der Waals surface area contributed by atoms with E-state index in [1.54, 1.807) is 0 Å². The van der Waals surface area contributed by atoms with E-state index in [0.717, 1.165) is 13.0 Å². The maximum absolute atomic E-state index is 6.83. The van der Waals surface area contributed by atoms with E-state index in [0.29, 0.717) is 32.3 Å². The molecule has 2 saturated heterocycles. The molecule has 39 heavy (non-hydrogen) atoms. The predicted octanol–water partition coefficient (Wildman–Crippen LogP) is 6.61. The van der Waals surface area contributed by atoms with Gasteiger partial charge in [0.25, 0.3) is 0 Å². The van der Waals surface area contributed by atoms with Gasteiger partial charge in [0, 0.05) is 12.0 Å². The van der Waals surface area contributed by atoms with Crippen LogP contribution in [0.25, 0.3) is 0 Å². The van der Waals surface area contributed by atoms with Crippen molar-refractivity contribution in [1.29, 1.82) is 0 Å². The molecular weight excluding hydrogens is 482 g/mol. The monoisotopic (exact) mass is 519 g/mol. The fourth-order valence-electron chi connectivity index (χ4n) is 6.30. The summed E-state index contributed by atoms with van der Waals surface area (Å²) in [6.07, 6.45) is 0.952. The van der Waals surface area contributed by atoms with E-state index in [1.807, 2.05) is 12.1 Å². The lowest BCUT2D eigenvalue weighted by atomic mass is 9.88. The molecule has 2 fully saturated rings. The molecule has 0 unspecified atom stereocenters. The van der Waals surface area contributed by atoms with Crippen molar-refractivity contribution in [3.05, 3.63) is 144 Å². The molecular formula is C35H37NO3. The van der Waals surface area contributed by atoms with Crippen LogP contribution < -0.4 is 0 Å². The SMILES string of the molecule is c1ccc(COC[C@H]2[C@H](OCc3ccccc3)[C@@H](OCc3ccccc3)[C@@H]3[C@@H](c4ccccc4)CCN32)cc1. The molecule has 2 aliphatic rings. The van der Waals surface area contributed by atoms with Crippen LogP contribution in [-0.2, 0) is 34.0 Å². The van der Waals surface area contributed by atoms with Gasteiger partial charge in [0.15, 0.2) is 0 Å². The minimum atomic E-state index is -0.0961. The van der Waals surface area contributed by atoms with Gasteiger partial charge in [-0.2, -0.15) is 0 Å². The normalized spacial score (nSPS) is 24.6. The van der Waals surface area contributed by atoms with Gasteiger partial charge in [-0.1, -0.05) is 121 Å². The van der Waals surface area contributed by atoms with Crippen LogP contribution in [0.15, 0.2) is 121 Å². The van der Waals surface area contributed by atoms with Crippen LogP contribution in [0.5, 0.6) is 0 Å². The summed E-state index contributed by atoms with van der Waals surface area (Å²) in [5.74, 6) is 0.397. The second kappa shape index (κ2) is 12.7. The Kier molecular flexibility index (Phi) is 8.47. The molecule has 0 amide bonds. The van der Waals surface area contributed by atoms with Crippen molar-refractivity contribution >= 4 is 0 Å². The molecule has 4 nitrogen and oxygen atoms in total. The second-order valence-electron chi connectivity index (χ2n) is 10.6. The van der Waals surface area contributed by atoms with Crippen molar-refractivity contribution in [1.82, 2.24) is 4.90 Å². The molecule has 0 spiro atoms. The van der Waals surface area contributed by atoms with E-state index >= 15 is 0 Å². The lowest BCUT2D eigenvalue weighted by Crippen LogP contribution is -2.41. The number of fused-ring (bicyclic) bond motifs is 1. The highest BCUT2D eigenvalue weighted by Crippen LogP contribution is 2.45. The van der Waals surface area contributed by atoms with E-state index in [2.05, 4.69) is 114 Å². The van der Waals surface area contributed by atoms with Crippen LogP contribution in [0.4, 0.5) is 0 Å². The Hall–Kier alpha value is -3.28. The zero-order valence-electron chi connectivity index (χ0n) is 22.3. The number of rotatable bonds is 11. The predicted molar refractivity (Wildman–Crippen MR) is 154 cm³/mol. The number of hydrogen-bond acceptors (Lipinski definition) is 4. The highest BCUT2D eigenvalue weighted by Gasteiger charge is 2.56. The van der Waals surface area contributed by atoms with Crippen molar-refractivity contribution in [3.63, 3.8) is 0 Å². The van der Waals surface area contributed by atoms with Gasteiger partial charge in [0.05, 0.1) is 32.5 Å². The first kappa shape index (κ1) is 26.0. The molecule has 2 heterocycles. The Labute approximate surface area is 232 Å². The van der Waals surface area contributed by atoms with Crippen molar-refractivity contribution < 1.29 is 14.2 Å². The first-order chi connectivity index (χ1) is 19.4. The van der Waals surface area contributed by atoms with E-state index < -0.39 is 0 Å². The van der Waals surface area contributed by atoms with Crippen LogP contribution in [0.3, 0.4) is 0 Å². The Morgan fingerprint density at radius 1 is 0.564 bits per heavy atom. The van der Waals surface area contributed by atoms with Crippen LogP contribution >= 0.6 is 0 Å². The fourth-order valence-corrected chi connectivity index (χ4v) is 6.30. The maximum Gasteiger partial charge on any atom is 0.103 e. The van der Waals surface area contributed by atoms with Gasteiger partial charge in [-0.15, -0.1) is 0 Å². The molecule has 4 heteroatoms. The molecule has 0 aromatic heterocycles. The van der Waals surface area contributed by atoms with E-state index in [-0.39, 0.29) is 24.3 Å². The first-order valence-corrected chi connectivity index (χ1v) is 14.1. The summed E-state index contributed by atoms with van der Waals surface area (Å²) in [5, 5.41) is 0. The van der Waals surface area contributed by atoms with Crippen molar-refractivity contribution in [3.8, 4) is 0 Å². The zero-order valence-corrected chi connectivity index (χ0v) is 22.3. The first-order valence-electron chi connectivity index (χ1n) is 14.1. The summed E-state index contributed by atoms with van der Waals surface area (Å²) in [6.45, 7) is 3.35. The third-order valence-electron chi connectivity index (χ3n) is 8.16. The third kappa shape index (κ3) is 6.15. The molecule has 2 aliphatic heterocycles. The summed E-state index contributed by atoms with van der Waals surface area (Å²) in [7, 11) is 0. The Bertz CT molecular complexity index is 1270. The molecule has 200 valence electrons. The van der Waals surface area contributed by atoms with Crippen LogP contribution in [0.1, 0.15) is 34.6 Å². The molecule has 0 N–H and O–H groups in total. The van der Waals surface area contributed by atoms with Crippen molar-refractivity contribution in [2.75, 3.05) is 13.2 Å². The lowest BCUT2D eigenvalue weighted by Gasteiger charge is -2.29. The Balaban J connectivity index is 1.27. The van der Waals surface area contributed by atoms with E-state index in [4.69, 9.17) is 14.2 Å². The van der Waals surface area contributed by atoms with Crippen molar-refractivity contribution in [2.45, 2.75) is 56.5 Å². The summed E-state index contributed by atoms with van der Waals surface area (Å²) in [4.78, 5) is 2.62. The fraction of sp³-hybridized carbons (Fsp3) is 0.314. The smallest absolute Gasteiger partial charge is 0.103 e. The van der Waals surface area contributed by atoms with Gasteiger partial charge in [-0.3, -0.25) is 4.90 Å². The molecule has 0 aliphatic carbocycles. The topological polar surface area (TPSA) is 30.9 Å². The van der Waals surface area contributed by atoms with E-state index in [9.17, 15) is 0 Å². The molecule has 6 rings (SSSR count). The number of nitrogens with zero attached hydrogens (tertiary/aromatic N) is 1. The second-order valence-corrected chi connectivity index (χ2v) is 10.6. The molecule has 5 atom stereocenters. The van der Waals surface area contributed by atoms with E-state index in [1.165, 1.54) is 22.3 Å². The largest absolute Gasteiger partial charge is 0.375 e. The maximum atomic E-state index is 6.83. The van der Waals surface area contributed by atoms with Gasteiger partial charge in [0.1, 0.15) is 12.2 Å². The minimum absolute atomic E-state index is 0.0630. The minimum Gasteiger partial charge on any atom is -0.375 e. The summed E-state index contributed by atoms with van der Waals surface area (Å²) in [6, 6.07) is 42.6. The molecule has 0 radical (unpaired) electrons. The number of ether oxygens (including phenoxy) is 3. The van der Waals surface area contributed by atoms with Gasteiger partial charge in [0.2, 0.25) is 0 Å². The van der Waals surface area contributed by atoms with Gasteiger partial charge in [-0.05, 0) is 35.2 Å². The Morgan fingerprint density at radius 2 is 1.05 bits per heavy atom. The number of benzene rings is 4. The number of hydrogen-bond donors (Lipinski definition) is 0. The zero-order chi connectivity index (χ0) is 26.3. The van der Waals surface area contributed by atoms with Crippen LogP contribution in [0.2, 0.25) is 0 Å². The van der Waals surface area contributed by atoms with Gasteiger partial charge >= 0.3 is 0 Å². The van der Waals surface area contributed by atoms with Gasteiger partial charge < -0.3 is 14.2 Å². The lowest BCUT2D eigenvalue weighted by molar-refractivity contribution is -0.0888. The third-order valence-corrected chi connectivity index (χ3v) is 8.16. The molecule has 0 bridgehead atoms. The quantitative estimate of drug-likeness (QED) is 0.223. The summed E-state index contributed by atoms with van der Waals surface area (Å²) in [5.41, 5.74) is 4.93. The summed E-state index contributed by atoms with van der Waals surface area (Å²) >= 11 is 0. The molecule has 4 aromatic carbocycles. The highest BCUT2D eigenvalue weighted by atomic mass is 16.5. The summed E-state index contributed by atoms with van der Waals surface area (Å²) < 4.78 is 20.0. The average Bonchev–Trinajstić information content (AvgIpc) is 3.55. The van der Waals surface area contributed by atoms with Gasteiger partial charge in [-0.25, -0.2) is 0 Å². The molecule has 0 saturated carbocycles. The van der Waals surface area contributed by atoms with Crippen LogP contribution in [0, 0.1) is 0 Å². The Morgan fingerprint density at radius 3 is 1.62 bits per heavy atom. The average molecular weight is 520 g/mol.